The van der Waals surface area contributed by atoms with Gasteiger partial charge in [-0.05, 0) is 6.07 Å². The van der Waals surface area contributed by atoms with Crippen LogP contribution in [-0.4, -0.2) is 58.9 Å². The van der Waals surface area contributed by atoms with Gasteiger partial charge in [0.05, 0.1) is 12.5 Å². The highest BCUT2D eigenvalue weighted by Crippen LogP contribution is 2.10. The van der Waals surface area contributed by atoms with E-state index in [1.165, 1.54) is 0 Å². The average molecular weight is 278 g/mol. The quantitative estimate of drug-likeness (QED) is 0.679. The molecule has 0 spiro atoms. The van der Waals surface area contributed by atoms with Crippen molar-refractivity contribution < 1.29 is 9.59 Å². The van der Waals surface area contributed by atoms with Gasteiger partial charge in [-0.1, -0.05) is 0 Å². The van der Waals surface area contributed by atoms with Crippen LogP contribution in [0.1, 0.15) is 6.42 Å². The summed E-state index contributed by atoms with van der Waals surface area (Å²) in [4.78, 5) is 34.8. The SMILES string of the molecule is NC(=O)CC(N)C(=O)N1CCN(c2ncccn2)CC1. The summed E-state index contributed by atoms with van der Waals surface area (Å²) in [5.74, 6) is -0.152. The van der Waals surface area contributed by atoms with Crippen LogP contribution in [0.3, 0.4) is 0 Å². The molecule has 108 valence electrons. The van der Waals surface area contributed by atoms with Crippen LogP contribution in [0.5, 0.6) is 0 Å². The van der Waals surface area contributed by atoms with Crippen molar-refractivity contribution >= 4 is 17.8 Å². The number of rotatable bonds is 4. The maximum atomic E-state index is 12.0. The topological polar surface area (TPSA) is 118 Å². The zero-order valence-electron chi connectivity index (χ0n) is 11.1. The van der Waals surface area contributed by atoms with Gasteiger partial charge in [0.25, 0.3) is 0 Å². The molecule has 1 aliphatic heterocycles. The molecule has 2 amide bonds. The lowest BCUT2D eigenvalue weighted by molar-refractivity contribution is -0.134. The van der Waals surface area contributed by atoms with Gasteiger partial charge >= 0.3 is 0 Å². The second kappa shape index (κ2) is 6.29. The molecule has 20 heavy (non-hydrogen) atoms. The summed E-state index contributed by atoms with van der Waals surface area (Å²) in [6, 6.07) is 0.901. The number of primary amides is 1. The molecule has 0 aliphatic carbocycles. The molecular formula is C12H18N6O2. The van der Waals surface area contributed by atoms with E-state index in [0.29, 0.717) is 32.1 Å². The zero-order valence-corrected chi connectivity index (χ0v) is 11.1. The molecule has 0 bridgehead atoms. The number of nitrogens with two attached hydrogens (primary N) is 2. The number of carbonyl (C=O) groups is 2. The fourth-order valence-electron chi connectivity index (χ4n) is 2.12. The molecule has 1 atom stereocenters. The van der Waals surface area contributed by atoms with Gasteiger partial charge in [-0.25, -0.2) is 9.97 Å². The first-order chi connectivity index (χ1) is 9.58. The first-order valence-corrected chi connectivity index (χ1v) is 6.42. The fraction of sp³-hybridized carbons (Fsp3) is 0.500. The van der Waals surface area contributed by atoms with Crippen molar-refractivity contribution in [3.05, 3.63) is 18.5 Å². The van der Waals surface area contributed by atoms with E-state index >= 15 is 0 Å². The lowest BCUT2D eigenvalue weighted by atomic mass is 10.1. The molecule has 0 radical (unpaired) electrons. The summed E-state index contributed by atoms with van der Waals surface area (Å²) >= 11 is 0. The van der Waals surface area contributed by atoms with E-state index in [0.717, 1.165) is 0 Å². The molecule has 1 unspecified atom stereocenters. The maximum Gasteiger partial charge on any atom is 0.240 e. The standard InChI is InChI=1S/C12H18N6O2/c13-9(8-10(14)19)11(20)17-4-6-18(7-5-17)12-15-2-1-3-16-12/h1-3,9H,4-8,13H2,(H2,14,19). The van der Waals surface area contributed by atoms with Crippen LogP contribution in [0.4, 0.5) is 5.95 Å². The van der Waals surface area contributed by atoms with Gasteiger partial charge < -0.3 is 21.3 Å². The van der Waals surface area contributed by atoms with Crippen LogP contribution >= 0.6 is 0 Å². The Labute approximate surface area is 116 Å². The molecule has 0 aromatic carbocycles. The maximum absolute atomic E-state index is 12.0. The Morgan fingerprint density at radius 1 is 1.20 bits per heavy atom. The Balaban J connectivity index is 1.88. The molecule has 2 rings (SSSR count). The molecular weight excluding hydrogens is 260 g/mol. The smallest absolute Gasteiger partial charge is 0.240 e. The largest absolute Gasteiger partial charge is 0.370 e. The van der Waals surface area contributed by atoms with E-state index in [2.05, 4.69) is 9.97 Å². The summed E-state index contributed by atoms with van der Waals surface area (Å²) < 4.78 is 0. The molecule has 1 aromatic rings. The Morgan fingerprint density at radius 2 is 1.80 bits per heavy atom. The fourth-order valence-corrected chi connectivity index (χ4v) is 2.12. The van der Waals surface area contributed by atoms with Gasteiger partial charge in [0, 0.05) is 38.6 Å². The molecule has 0 saturated carbocycles. The number of anilines is 1. The van der Waals surface area contributed by atoms with Crippen molar-refractivity contribution in [3.8, 4) is 0 Å². The van der Waals surface area contributed by atoms with Gasteiger partial charge in [-0.15, -0.1) is 0 Å². The van der Waals surface area contributed by atoms with Crippen molar-refractivity contribution in [2.24, 2.45) is 11.5 Å². The van der Waals surface area contributed by atoms with Crippen LogP contribution in [-0.2, 0) is 9.59 Å². The first-order valence-electron chi connectivity index (χ1n) is 6.42. The Morgan fingerprint density at radius 3 is 2.35 bits per heavy atom. The van der Waals surface area contributed by atoms with Crippen molar-refractivity contribution in [1.29, 1.82) is 0 Å². The predicted octanol–water partition coefficient (Wildman–Crippen LogP) is -1.67. The average Bonchev–Trinajstić information content (AvgIpc) is 2.47. The molecule has 8 heteroatoms. The first kappa shape index (κ1) is 14.2. The molecule has 1 fully saturated rings. The minimum atomic E-state index is -0.855. The van der Waals surface area contributed by atoms with E-state index in [9.17, 15) is 9.59 Å². The van der Waals surface area contributed by atoms with Crippen LogP contribution in [0, 0.1) is 0 Å². The molecule has 4 N–H and O–H groups in total. The normalized spacial score (nSPS) is 16.9. The van der Waals surface area contributed by atoms with E-state index in [1.807, 2.05) is 4.90 Å². The van der Waals surface area contributed by atoms with E-state index in [1.54, 1.807) is 23.4 Å². The number of hydrogen-bond donors (Lipinski definition) is 2. The van der Waals surface area contributed by atoms with E-state index in [-0.39, 0.29) is 12.3 Å². The number of carbonyl (C=O) groups excluding carboxylic acids is 2. The third-order valence-corrected chi connectivity index (χ3v) is 3.16. The van der Waals surface area contributed by atoms with Crippen molar-refractivity contribution in [2.45, 2.75) is 12.5 Å². The number of nitrogens with zero attached hydrogens (tertiary/aromatic N) is 4. The molecule has 1 aromatic heterocycles. The number of hydrogen-bond acceptors (Lipinski definition) is 6. The summed E-state index contributed by atoms with van der Waals surface area (Å²) in [5.41, 5.74) is 10.7. The van der Waals surface area contributed by atoms with Crippen molar-refractivity contribution in [1.82, 2.24) is 14.9 Å². The molecule has 8 nitrogen and oxygen atoms in total. The molecule has 2 heterocycles. The predicted molar refractivity (Wildman–Crippen MR) is 72.6 cm³/mol. The lowest BCUT2D eigenvalue weighted by Crippen LogP contribution is -2.54. The highest BCUT2D eigenvalue weighted by molar-refractivity contribution is 5.87. The van der Waals surface area contributed by atoms with Crippen LogP contribution in [0.2, 0.25) is 0 Å². The highest BCUT2D eigenvalue weighted by Gasteiger charge is 2.26. The zero-order chi connectivity index (χ0) is 14.5. The third-order valence-electron chi connectivity index (χ3n) is 3.16. The van der Waals surface area contributed by atoms with Gasteiger partial charge in [-0.2, -0.15) is 0 Å². The van der Waals surface area contributed by atoms with Crippen molar-refractivity contribution in [2.75, 3.05) is 31.1 Å². The second-order valence-corrected chi connectivity index (χ2v) is 4.64. The summed E-state index contributed by atoms with van der Waals surface area (Å²) in [6.07, 6.45) is 3.24. The highest BCUT2D eigenvalue weighted by atomic mass is 16.2. The number of piperazine rings is 1. The summed E-state index contributed by atoms with van der Waals surface area (Å²) in [6.45, 7) is 2.34. The molecule has 1 saturated heterocycles. The lowest BCUT2D eigenvalue weighted by Gasteiger charge is -2.35. The summed E-state index contributed by atoms with van der Waals surface area (Å²) in [7, 11) is 0. The molecule has 1 aliphatic rings. The van der Waals surface area contributed by atoms with Gasteiger partial charge in [0.15, 0.2) is 0 Å². The van der Waals surface area contributed by atoms with Gasteiger partial charge in [0.2, 0.25) is 17.8 Å². The van der Waals surface area contributed by atoms with Gasteiger partial charge in [-0.3, -0.25) is 9.59 Å². The van der Waals surface area contributed by atoms with Crippen LogP contribution in [0.25, 0.3) is 0 Å². The van der Waals surface area contributed by atoms with Crippen molar-refractivity contribution in [3.63, 3.8) is 0 Å². The van der Waals surface area contributed by atoms with E-state index < -0.39 is 11.9 Å². The summed E-state index contributed by atoms with van der Waals surface area (Å²) in [5, 5.41) is 0. The Hall–Kier alpha value is -2.22. The third kappa shape index (κ3) is 3.41. The number of aromatic nitrogens is 2. The Bertz CT molecular complexity index is 472. The van der Waals surface area contributed by atoms with Crippen LogP contribution < -0.4 is 16.4 Å². The van der Waals surface area contributed by atoms with Gasteiger partial charge in [0.1, 0.15) is 0 Å². The minimum absolute atomic E-state index is 0.124. The van der Waals surface area contributed by atoms with E-state index in [4.69, 9.17) is 11.5 Å². The number of amides is 2. The minimum Gasteiger partial charge on any atom is -0.370 e. The monoisotopic (exact) mass is 278 g/mol. The Kier molecular flexibility index (Phi) is 4.46. The van der Waals surface area contributed by atoms with Crippen LogP contribution in [0.15, 0.2) is 18.5 Å². The second-order valence-electron chi connectivity index (χ2n) is 4.64.